The van der Waals surface area contributed by atoms with Crippen molar-refractivity contribution < 1.29 is 52.8 Å². The number of likely N-dealkylation sites (N-methyl/N-ethyl adjacent to an activating group) is 1. The average molecular weight is 766 g/mol. The van der Waals surface area contributed by atoms with Crippen LogP contribution in [-0.2, 0) is 39.8 Å². The van der Waals surface area contributed by atoms with Crippen molar-refractivity contribution in [3.05, 3.63) is 46.5 Å². The molecule has 0 unspecified atom stereocenters. The lowest BCUT2D eigenvalue weighted by Gasteiger charge is -2.42. The number of hydrogen-bond donors (Lipinski definition) is 3. The number of halogens is 1. The molecule has 3 N–H and O–H groups in total. The zero-order chi connectivity index (χ0) is 38.8. The SMILES string of the molecule is COc1cc2cc(c1Cl)N(C)C(=O)C[C@H](OC(=O)CN(C)C(=O)CC[Si](C)(C)O)[C@]1(C)O[C@H]1[C@H](C)[C@@H]1C[C@@](O)(NC(=O)O1)[C@H](OC)/C=C/C=C(\C)C2. The van der Waals surface area contributed by atoms with Crippen LogP contribution in [0.5, 0.6) is 5.75 Å². The highest BCUT2D eigenvalue weighted by Crippen LogP contribution is 2.49. The highest BCUT2D eigenvalue weighted by molar-refractivity contribution is 6.69. The molecule has 16 heteroatoms. The number of anilines is 1. The summed E-state index contributed by atoms with van der Waals surface area (Å²) in [6.45, 7) is 8.46. The van der Waals surface area contributed by atoms with Crippen molar-refractivity contribution in [1.82, 2.24) is 10.2 Å². The van der Waals surface area contributed by atoms with Gasteiger partial charge in [0.05, 0.1) is 25.3 Å². The summed E-state index contributed by atoms with van der Waals surface area (Å²) >= 11 is 6.73. The fourth-order valence-electron chi connectivity index (χ4n) is 6.69. The van der Waals surface area contributed by atoms with E-state index in [0.29, 0.717) is 23.9 Å². The number of nitrogens with zero attached hydrogens (tertiary/aromatic N) is 2. The Balaban J connectivity index is 1.72. The topological polar surface area (TPSA) is 177 Å². The number of amides is 3. The third-order valence-electron chi connectivity index (χ3n) is 9.97. The molecule has 3 heterocycles. The zero-order valence-corrected chi connectivity index (χ0v) is 33.1. The van der Waals surface area contributed by atoms with Gasteiger partial charge < -0.3 is 43.4 Å². The molecule has 52 heavy (non-hydrogen) atoms. The van der Waals surface area contributed by atoms with Crippen molar-refractivity contribution in [3.8, 4) is 5.75 Å². The van der Waals surface area contributed by atoms with Crippen LogP contribution < -0.4 is 15.0 Å². The molecule has 0 aliphatic carbocycles. The molecule has 2 fully saturated rings. The van der Waals surface area contributed by atoms with E-state index >= 15 is 0 Å². The van der Waals surface area contributed by atoms with Crippen LogP contribution in [0.4, 0.5) is 10.5 Å². The van der Waals surface area contributed by atoms with Crippen LogP contribution in [0, 0.1) is 5.92 Å². The molecule has 1 aromatic carbocycles. The summed E-state index contributed by atoms with van der Waals surface area (Å²) in [6, 6.07) is 3.90. The number of alkyl carbamates (subject to hydrolysis) is 1. The van der Waals surface area contributed by atoms with E-state index in [4.69, 9.17) is 35.3 Å². The Labute approximate surface area is 311 Å². The number of carbonyl (C=O) groups excluding carboxylic acids is 4. The van der Waals surface area contributed by atoms with E-state index in [-0.39, 0.29) is 30.2 Å². The molecule has 3 amide bonds. The summed E-state index contributed by atoms with van der Waals surface area (Å²) in [6.07, 6.45) is 0.939. The number of ether oxygens (including phenoxy) is 5. The summed E-state index contributed by atoms with van der Waals surface area (Å²) in [5.74, 6) is -1.71. The first-order valence-corrected chi connectivity index (χ1v) is 20.8. The maximum absolute atomic E-state index is 14.0. The number of epoxide rings is 1. The molecule has 4 rings (SSSR count). The van der Waals surface area contributed by atoms with E-state index in [1.807, 2.05) is 13.0 Å². The first-order valence-electron chi connectivity index (χ1n) is 17.3. The lowest BCUT2D eigenvalue weighted by Crippen LogP contribution is -2.63. The minimum absolute atomic E-state index is 0.0575. The summed E-state index contributed by atoms with van der Waals surface area (Å²) in [7, 11) is 3.45. The van der Waals surface area contributed by atoms with Crippen LogP contribution in [0.2, 0.25) is 24.2 Å². The van der Waals surface area contributed by atoms with Crippen LogP contribution >= 0.6 is 11.6 Å². The number of hydrogen-bond acceptors (Lipinski definition) is 11. The second-order valence-corrected chi connectivity index (χ2v) is 19.3. The van der Waals surface area contributed by atoms with E-state index < -0.39 is 74.5 Å². The third-order valence-corrected chi connectivity index (χ3v) is 11.8. The van der Waals surface area contributed by atoms with E-state index in [0.717, 1.165) is 11.1 Å². The molecule has 288 valence electrons. The molecule has 0 spiro atoms. The lowest BCUT2D eigenvalue weighted by atomic mass is 9.83. The molecule has 7 atom stereocenters. The van der Waals surface area contributed by atoms with Gasteiger partial charge in [0.15, 0.2) is 14.0 Å². The van der Waals surface area contributed by atoms with Crippen LogP contribution in [0.25, 0.3) is 0 Å². The number of rotatable bonds is 8. The summed E-state index contributed by atoms with van der Waals surface area (Å²) in [4.78, 5) is 65.8. The fraction of sp³-hybridized carbons (Fsp3) is 0.611. The van der Waals surface area contributed by atoms with Crippen molar-refractivity contribution >= 4 is 49.5 Å². The zero-order valence-electron chi connectivity index (χ0n) is 31.4. The smallest absolute Gasteiger partial charge is 0.409 e. The van der Waals surface area contributed by atoms with Gasteiger partial charge in [-0.15, -0.1) is 0 Å². The molecule has 4 bridgehead atoms. The minimum Gasteiger partial charge on any atom is -0.495 e. The molecule has 3 aliphatic rings. The maximum atomic E-state index is 14.0. The lowest BCUT2D eigenvalue weighted by molar-refractivity contribution is -0.157. The van der Waals surface area contributed by atoms with E-state index in [2.05, 4.69) is 5.32 Å². The van der Waals surface area contributed by atoms with Gasteiger partial charge in [-0.2, -0.15) is 0 Å². The van der Waals surface area contributed by atoms with Gasteiger partial charge in [-0.3, -0.25) is 19.7 Å². The molecular weight excluding hydrogens is 714 g/mol. The van der Waals surface area contributed by atoms with Gasteiger partial charge >= 0.3 is 12.1 Å². The highest BCUT2D eigenvalue weighted by atomic mass is 35.5. The summed E-state index contributed by atoms with van der Waals surface area (Å²) in [5, 5.41) is 14.4. The van der Waals surface area contributed by atoms with Crippen LogP contribution in [0.3, 0.4) is 0 Å². The number of allylic oxidation sites excluding steroid dienone is 3. The Morgan fingerprint density at radius 1 is 1.23 bits per heavy atom. The fourth-order valence-corrected chi connectivity index (χ4v) is 7.83. The number of aliphatic hydroxyl groups is 1. The van der Waals surface area contributed by atoms with E-state index in [9.17, 15) is 29.1 Å². The number of methoxy groups -OCH3 is 2. The first-order chi connectivity index (χ1) is 24.2. The second-order valence-electron chi connectivity index (χ2n) is 14.8. The largest absolute Gasteiger partial charge is 0.495 e. The number of carbonyl (C=O) groups is 4. The predicted octanol–water partition coefficient (Wildman–Crippen LogP) is 3.71. The molecule has 3 aliphatic heterocycles. The predicted molar refractivity (Wildman–Crippen MR) is 195 cm³/mol. The molecule has 0 saturated carbocycles. The van der Waals surface area contributed by atoms with Gasteiger partial charge in [0.25, 0.3) is 0 Å². The Morgan fingerprint density at radius 2 is 1.92 bits per heavy atom. The molecule has 0 radical (unpaired) electrons. The number of fused-ring (bicyclic) bond motifs is 5. The van der Waals surface area contributed by atoms with Crippen molar-refractivity contribution in [2.45, 2.75) is 101 Å². The van der Waals surface area contributed by atoms with Crippen LogP contribution in [0.15, 0.2) is 35.9 Å². The van der Waals surface area contributed by atoms with Gasteiger partial charge in [0.2, 0.25) is 11.8 Å². The highest BCUT2D eigenvalue weighted by Gasteiger charge is 2.64. The maximum Gasteiger partial charge on any atom is 0.409 e. The quantitative estimate of drug-likeness (QED) is 0.200. The van der Waals surface area contributed by atoms with Gasteiger partial charge in [0.1, 0.15) is 41.2 Å². The molecule has 1 aromatic rings. The molecule has 2 saturated heterocycles. The number of esters is 1. The van der Waals surface area contributed by atoms with Gasteiger partial charge in [-0.1, -0.05) is 42.3 Å². The van der Waals surface area contributed by atoms with Gasteiger partial charge in [0, 0.05) is 40.0 Å². The van der Waals surface area contributed by atoms with Gasteiger partial charge in [-0.05, 0) is 57.1 Å². The van der Waals surface area contributed by atoms with Crippen molar-refractivity contribution in [3.63, 3.8) is 0 Å². The normalized spacial score (nSPS) is 31.3. The Morgan fingerprint density at radius 3 is 2.56 bits per heavy atom. The molecule has 0 aromatic heterocycles. The van der Waals surface area contributed by atoms with E-state index in [1.165, 1.54) is 31.1 Å². The molecular formula is C36H52ClN3O11Si. The van der Waals surface area contributed by atoms with E-state index in [1.54, 1.807) is 58.3 Å². The Hall–Kier alpha value is -3.47. The van der Waals surface area contributed by atoms with Crippen molar-refractivity contribution in [1.29, 1.82) is 0 Å². The second kappa shape index (κ2) is 16.3. The minimum atomic E-state index is -2.49. The van der Waals surface area contributed by atoms with Crippen LogP contribution in [0.1, 0.15) is 45.6 Å². The number of benzene rings is 1. The average Bonchev–Trinajstić information content (AvgIpc) is 3.76. The Kier molecular flexibility index (Phi) is 12.9. The first kappa shape index (κ1) is 41.3. The standard InChI is InChI=1S/C36H52ClN3O11Si/c1-21-11-10-12-27(48-7)36(45)19-26(49-34(44)38-36)22(2)33-35(3,51-33)28(50-31(43)20-39(4)29(41)13-14-52(8,9)46)18-30(42)40(5)24-16-23(15-21)17-25(47-6)32(24)37/h10-12,16-17,22,26-28,33,45-46H,13-15,18-20H2,1-9H3,(H,38,44)/b12-10+,21-11+/t22-,26+,27-,28+,33+,35+,36+/m1/s1. The Bertz CT molecular complexity index is 1600. The van der Waals surface area contributed by atoms with Crippen molar-refractivity contribution in [2.75, 3.05) is 39.8 Å². The molecule has 14 nitrogen and oxygen atoms in total. The summed E-state index contributed by atoms with van der Waals surface area (Å²) < 4.78 is 29.0. The van der Waals surface area contributed by atoms with Crippen molar-refractivity contribution in [2.24, 2.45) is 5.92 Å². The monoisotopic (exact) mass is 765 g/mol. The van der Waals surface area contributed by atoms with Crippen LogP contribution in [-0.4, -0.2) is 118 Å². The third kappa shape index (κ3) is 9.74. The number of nitrogens with one attached hydrogen (secondary N) is 1. The summed E-state index contributed by atoms with van der Waals surface area (Å²) in [5.41, 5.74) is -0.946. The van der Waals surface area contributed by atoms with Gasteiger partial charge in [-0.25, -0.2) is 4.79 Å².